The van der Waals surface area contributed by atoms with Gasteiger partial charge in [0.1, 0.15) is 6.10 Å². The third kappa shape index (κ3) is 11.6. The molecule has 3 fully saturated rings. The minimum atomic E-state index is -0.650. The van der Waals surface area contributed by atoms with Crippen LogP contribution in [0.25, 0.3) is 0 Å². The Labute approximate surface area is 265 Å². The van der Waals surface area contributed by atoms with Crippen molar-refractivity contribution >= 4 is 17.9 Å². The van der Waals surface area contributed by atoms with Gasteiger partial charge in [0.05, 0.1) is 43.5 Å². The van der Waals surface area contributed by atoms with Gasteiger partial charge in [0.25, 0.3) is 0 Å². The van der Waals surface area contributed by atoms with Gasteiger partial charge in [-0.15, -0.1) is 0 Å². The fourth-order valence-corrected chi connectivity index (χ4v) is 7.67. The first-order valence-electron chi connectivity index (χ1n) is 17.4. The van der Waals surface area contributed by atoms with Gasteiger partial charge in [0, 0.05) is 0 Å². The number of aliphatic hydroxyl groups is 2. The molecule has 3 saturated carbocycles. The van der Waals surface area contributed by atoms with Gasteiger partial charge < -0.3 is 24.4 Å². The van der Waals surface area contributed by atoms with E-state index in [1.54, 1.807) is 0 Å². The maximum absolute atomic E-state index is 13.1. The molecular formula is C36H58O8. The summed E-state index contributed by atoms with van der Waals surface area (Å²) < 4.78 is 16.7. The number of hydrogen-bond donors (Lipinski definition) is 2. The van der Waals surface area contributed by atoms with Gasteiger partial charge in [-0.2, -0.15) is 0 Å². The van der Waals surface area contributed by atoms with Crippen LogP contribution in [0.4, 0.5) is 0 Å². The molecule has 8 nitrogen and oxygen atoms in total. The first-order chi connectivity index (χ1) is 21.2. The lowest BCUT2D eigenvalue weighted by Crippen LogP contribution is -2.34. The quantitative estimate of drug-likeness (QED) is 0.0824. The highest BCUT2D eigenvalue weighted by atomic mass is 16.5. The Morgan fingerprint density at radius 2 is 1.32 bits per heavy atom. The average Bonchev–Trinajstić information content (AvgIpc) is 3.06. The van der Waals surface area contributed by atoms with Crippen molar-refractivity contribution in [1.29, 1.82) is 0 Å². The van der Waals surface area contributed by atoms with Gasteiger partial charge >= 0.3 is 17.9 Å². The minimum Gasteiger partial charge on any atom is -0.462 e. The molecule has 0 spiro atoms. The zero-order chi connectivity index (χ0) is 31.9. The normalized spacial score (nSPS) is 28.0. The fraction of sp³-hybridized carbons (Fsp3) is 0.806. The molecule has 1 unspecified atom stereocenters. The summed E-state index contributed by atoms with van der Waals surface area (Å²) in [6.45, 7) is 8.55. The minimum absolute atomic E-state index is 0.0138. The molecule has 250 valence electrons. The first-order valence-corrected chi connectivity index (χ1v) is 17.4. The molecule has 0 aromatic rings. The summed E-state index contributed by atoms with van der Waals surface area (Å²) in [5.74, 6) is 1.21. The fourth-order valence-electron chi connectivity index (χ4n) is 7.67. The van der Waals surface area contributed by atoms with Crippen molar-refractivity contribution in [3.05, 3.63) is 24.3 Å². The molecule has 8 heteroatoms. The van der Waals surface area contributed by atoms with Crippen molar-refractivity contribution < 1.29 is 38.8 Å². The summed E-state index contributed by atoms with van der Waals surface area (Å²) in [4.78, 5) is 37.1. The summed E-state index contributed by atoms with van der Waals surface area (Å²) >= 11 is 0. The highest BCUT2D eigenvalue weighted by Crippen LogP contribution is 2.42. The predicted octanol–water partition coefficient (Wildman–Crippen LogP) is 6.47. The van der Waals surface area contributed by atoms with Crippen LogP contribution in [0.3, 0.4) is 0 Å². The van der Waals surface area contributed by atoms with Gasteiger partial charge in [-0.25, -0.2) is 9.59 Å². The molecule has 0 radical (unpaired) electrons. The number of carbonyl (C=O) groups excluding carboxylic acids is 3. The molecule has 0 aromatic heterocycles. The largest absolute Gasteiger partial charge is 0.462 e. The monoisotopic (exact) mass is 618 g/mol. The van der Waals surface area contributed by atoms with E-state index in [9.17, 15) is 19.5 Å². The predicted molar refractivity (Wildman–Crippen MR) is 169 cm³/mol. The van der Waals surface area contributed by atoms with Gasteiger partial charge in [-0.1, -0.05) is 58.6 Å². The van der Waals surface area contributed by atoms with Crippen molar-refractivity contribution in [2.75, 3.05) is 26.4 Å². The maximum atomic E-state index is 13.1. The van der Waals surface area contributed by atoms with Crippen LogP contribution in [0.15, 0.2) is 24.3 Å². The van der Waals surface area contributed by atoms with Crippen molar-refractivity contribution in [3.8, 4) is 0 Å². The lowest BCUT2D eigenvalue weighted by atomic mass is 9.70. The van der Waals surface area contributed by atoms with Crippen molar-refractivity contribution in [1.82, 2.24) is 0 Å². The molecule has 44 heavy (non-hydrogen) atoms. The van der Waals surface area contributed by atoms with Crippen LogP contribution in [-0.2, 0) is 28.6 Å². The van der Waals surface area contributed by atoms with Crippen molar-refractivity contribution in [2.45, 2.75) is 122 Å². The third-order valence-electron chi connectivity index (χ3n) is 10.7. The third-order valence-corrected chi connectivity index (χ3v) is 10.7. The van der Waals surface area contributed by atoms with Crippen LogP contribution in [0.2, 0.25) is 0 Å². The van der Waals surface area contributed by atoms with Crippen LogP contribution in [0, 0.1) is 35.5 Å². The second-order valence-corrected chi connectivity index (χ2v) is 13.7. The summed E-state index contributed by atoms with van der Waals surface area (Å²) in [6.07, 6.45) is 18.9. The number of hydrogen-bond acceptors (Lipinski definition) is 8. The van der Waals surface area contributed by atoms with Crippen LogP contribution in [-0.4, -0.2) is 60.7 Å². The molecular weight excluding hydrogens is 560 g/mol. The number of aliphatic hydroxyl groups excluding tert-OH is 2. The number of ether oxygens (including phenoxy) is 3. The maximum Gasteiger partial charge on any atom is 0.335 e. The molecule has 3 aliphatic carbocycles. The number of carbonyl (C=O) groups is 3. The van der Waals surface area contributed by atoms with Crippen molar-refractivity contribution in [3.63, 3.8) is 0 Å². The molecule has 3 rings (SSSR count). The lowest BCUT2D eigenvalue weighted by Gasteiger charge is -2.38. The molecule has 0 saturated heterocycles. The molecule has 1 atom stereocenters. The second kappa shape index (κ2) is 19.4. The molecule has 0 aromatic carbocycles. The number of rotatable bonds is 17. The Hall–Kier alpha value is -2.19. The SMILES string of the molecule is C=C(CO)C(=O)OCCC(COC(=O)C(=C)CO)C1CCC(C(=O)OC2CCC(C3CCC(CCCCC)CC3)CC2)CC1. The smallest absolute Gasteiger partial charge is 0.335 e. The summed E-state index contributed by atoms with van der Waals surface area (Å²) in [5, 5.41) is 18.3. The zero-order valence-corrected chi connectivity index (χ0v) is 27.1. The van der Waals surface area contributed by atoms with Gasteiger partial charge in [-0.3, -0.25) is 4.79 Å². The zero-order valence-electron chi connectivity index (χ0n) is 27.1. The van der Waals surface area contributed by atoms with Crippen LogP contribution >= 0.6 is 0 Å². The summed E-state index contributed by atoms with van der Waals surface area (Å²) in [5.41, 5.74) is -0.0277. The molecule has 0 amide bonds. The van der Waals surface area contributed by atoms with Crippen LogP contribution < -0.4 is 0 Å². The van der Waals surface area contributed by atoms with E-state index >= 15 is 0 Å². The Balaban J connectivity index is 1.39. The second-order valence-electron chi connectivity index (χ2n) is 13.7. The Morgan fingerprint density at radius 1 is 0.750 bits per heavy atom. The van der Waals surface area contributed by atoms with Crippen molar-refractivity contribution in [2.24, 2.45) is 35.5 Å². The van der Waals surface area contributed by atoms with Gasteiger partial charge in [0.2, 0.25) is 0 Å². The lowest BCUT2D eigenvalue weighted by molar-refractivity contribution is -0.158. The van der Waals surface area contributed by atoms with Gasteiger partial charge in [0.15, 0.2) is 0 Å². The highest BCUT2D eigenvalue weighted by molar-refractivity contribution is 5.88. The summed E-state index contributed by atoms with van der Waals surface area (Å²) in [7, 11) is 0. The number of esters is 3. The van der Waals surface area contributed by atoms with E-state index in [4.69, 9.17) is 19.3 Å². The molecule has 2 N–H and O–H groups in total. The Kier molecular flexibility index (Phi) is 16.0. The van der Waals surface area contributed by atoms with E-state index in [-0.39, 0.29) is 54.2 Å². The average molecular weight is 619 g/mol. The topological polar surface area (TPSA) is 119 Å². The van der Waals surface area contributed by atoms with E-state index in [1.165, 1.54) is 64.2 Å². The Bertz CT molecular complexity index is 920. The van der Waals surface area contributed by atoms with Crippen LogP contribution in [0.1, 0.15) is 116 Å². The van der Waals surface area contributed by atoms with E-state index < -0.39 is 25.2 Å². The van der Waals surface area contributed by atoms with E-state index in [2.05, 4.69) is 20.1 Å². The van der Waals surface area contributed by atoms with E-state index in [0.29, 0.717) is 6.42 Å². The molecule has 0 heterocycles. The molecule has 3 aliphatic rings. The summed E-state index contributed by atoms with van der Waals surface area (Å²) in [6, 6.07) is 0. The van der Waals surface area contributed by atoms with E-state index in [0.717, 1.165) is 56.3 Å². The molecule has 0 bridgehead atoms. The number of unbranched alkanes of at least 4 members (excludes halogenated alkanes) is 2. The van der Waals surface area contributed by atoms with Gasteiger partial charge in [-0.05, 0) is 100 Å². The Morgan fingerprint density at radius 3 is 1.89 bits per heavy atom. The van der Waals surface area contributed by atoms with E-state index in [1.807, 2.05) is 0 Å². The first kappa shape index (κ1) is 36.3. The highest BCUT2D eigenvalue weighted by Gasteiger charge is 2.35. The molecule has 0 aliphatic heterocycles. The standard InChI is InChI=1S/C36H58O8/c1-4-5-6-7-27-8-10-28(11-9-27)29-16-18-33(19-17-29)44-36(41)31-14-12-30(13-15-31)32(24-43-35(40)26(3)23-38)20-21-42-34(39)25(2)22-37/h27-33,37-38H,2-24H2,1H3. The van der Waals surface area contributed by atoms with Crippen LogP contribution in [0.5, 0.6) is 0 Å².